The van der Waals surface area contributed by atoms with E-state index in [0.29, 0.717) is 18.9 Å². The molecule has 1 unspecified atom stereocenters. The number of carbonyl (C=O) groups is 1. The Bertz CT molecular complexity index is 186. The zero-order valence-electron chi connectivity index (χ0n) is 10.6. The minimum absolute atomic E-state index is 0.0846. The van der Waals surface area contributed by atoms with E-state index in [1.807, 2.05) is 0 Å². The SMILES string of the molecule is CCCC(C)(C)NC(=O)CC(CC)CN. The van der Waals surface area contributed by atoms with Gasteiger partial charge in [-0.05, 0) is 32.7 Å². The van der Waals surface area contributed by atoms with Crippen LogP contribution in [0.3, 0.4) is 0 Å². The van der Waals surface area contributed by atoms with Crippen molar-refractivity contribution in [3.05, 3.63) is 0 Å². The van der Waals surface area contributed by atoms with Crippen LogP contribution in [0.15, 0.2) is 0 Å². The molecule has 0 radical (unpaired) electrons. The first-order valence-corrected chi connectivity index (χ1v) is 5.96. The van der Waals surface area contributed by atoms with Gasteiger partial charge in [-0.25, -0.2) is 0 Å². The predicted octanol–water partition coefficient (Wildman–Crippen LogP) is 2.06. The quantitative estimate of drug-likeness (QED) is 0.681. The Labute approximate surface area is 93.8 Å². The number of hydrogen-bond acceptors (Lipinski definition) is 2. The molecular formula is C12H26N2O. The lowest BCUT2D eigenvalue weighted by atomic mass is 9.97. The van der Waals surface area contributed by atoms with Crippen molar-refractivity contribution in [2.45, 2.75) is 58.9 Å². The number of carbonyl (C=O) groups excluding carboxylic acids is 1. The van der Waals surface area contributed by atoms with Gasteiger partial charge in [-0.15, -0.1) is 0 Å². The van der Waals surface area contributed by atoms with Gasteiger partial charge in [0.15, 0.2) is 0 Å². The van der Waals surface area contributed by atoms with Gasteiger partial charge in [-0.2, -0.15) is 0 Å². The third-order valence-electron chi connectivity index (χ3n) is 2.74. The first-order chi connectivity index (χ1) is 6.95. The van der Waals surface area contributed by atoms with Crippen molar-refractivity contribution in [2.75, 3.05) is 6.54 Å². The third kappa shape index (κ3) is 6.50. The fourth-order valence-corrected chi connectivity index (χ4v) is 1.77. The molecule has 0 fully saturated rings. The summed E-state index contributed by atoms with van der Waals surface area (Å²) >= 11 is 0. The molecule has 0 rings (SSSR count). The summed E-state index contributed by atoms with van der Waals surface area (Å²) in [6, 6.07) is 0. The summed E-state index contributed by atoms with van der Waals surface area (Å²) in [6.45, 7) is 8.93. The van der Waals surface area contributed by atoms with Crippen LogP contribution in [0.4, 0.5) is 0 Å². The first kappa shape index (κ1) is 14.4. The third-order valence-corrected chi connectivity index (χ3v) is 2.74. The van der Waals surface area contributed by atoms with Crippen molar-refractivity contribution >= 4 is 5.91 Å². The number of rotatable bonds is 7. The van der Waals surface area contributed by atoms with E-state index in [2.05, 4.69) is 33.0 Å². The maximum Gasteiger partial charge on any atom is 0.220 e. The second kappa shape index (κ2) is 6.83. The predicted molar refractivity (Wildman–Crippen MR) is 64.6 cm³/mol. The van der Waals surface area contributed by atoms with Crippen molar-refractivity contribution in [3.63, 3.8) is 0 Å². The lowest BCUT2D eigenvalue weighted by Gasteiger charge is -2.26. The average Bonchev–Trinajstić information content (AvgIpc) is 2.13. The molecule has 0 saturated carbocycles. The molecule has 0 spiro atoms. The molecule has 0 aliphatic rings. The van der Waals surface area contributed by atoms with Crippen LogP contribution in [-0.2, 0) is 4.79 Å². The van der Waals surface area contributed by atoms with Crippen molar-refractivity contribution in [2.24, 2.45) is 11.7 Å². The van der Waals surface area contributed by atoms with Gasteiger partial charge in [0.25, 0.3) is 0 Å². The summed E-state index contributed by atoms with van der Waals surface area (Å²) in [7, 11) is 0. The highest BCUT2D eigenvalue weighted by Gasteiger charge is 2.20. The van der Waals surface area contributed by atoms with Crippen LogP contribution < -0.4 is 11.1 Å². The van der Waals surface area contributed by atoms with Crippen molar-refractivity contribution in [1.82, 2.24) is 5.32 Å². The molecule has 0 aliphatic heterocycles. The van der Waals surface area contributed by atoms with Gasteiger partial charge >= 0.3 is 0 Å². The zero-order valence-corrected chi connectivity index (χ0v) is 10.6. The van der Waals surface area contributed by atoms with Gasteiger partial charge in [0.05, 0.1) is 0 Å². The highest BCUT2D eigenvalue weighted by atomic mass is 16.1. The second-order valence-corrected chi connectivity index (χ2v) is 4.90. The maximum absolute atomic E-state index is 11.7. The van der Waals surface area contributed by atoms with Crippen LogP contribution in [0.25, 0.3) is 0 Å². The molecule has 90 valence electrons. The molecule has 0 aromatic heterocycles. The highest BCUT2D eigenvalue weighted by molar-refractivity contribution is 5.76. The molecule has 0 aliphatic carbocycles. The lowest BCUT2D eigenvalue weighted by Crippen LogP contribution is -2.44. The number of hydrogen-bond donors (Lipinski definition) is 2. The van der Waals surface area contributed by atoms with Gasteiger partial charge in [0, 0.05) is 12.0 Å². The summed E-state index contributed by atoms with van der Waals surface area (Å²) in [6.07, 6.45) is 3.62. The van der Waals surface area contributed by atoms with E-state index in [1.54, 1.807) is 0 Å². The number of amides is 1. The fourth-order valence-electron chi connectivity index (χ4n) is 1.77. The molecule has 0 saturated heterocycles. The zero-order chi connectivity index (χ0) is 11.9. The Morgan fingerprint density at radius 3 is 2.40 bits per heavy atom. The smallest absolute Gasteiger partial charge is 0.220 e. The standard InChI is InChI=1S/C12H26N2O/c1-5-7-12(3,4)14-11(15)8-10(6-2)9-13/h10H,5-9,13H2,1-4H3,(H,14,15). The Kier molecular flexibility index (Phi) is 6.57. The van der Waals surface area contributed by atoms with E-state index in [1.165, 1.54) is 0 Å². The minimum atomic E-state index is -0.0846. The number of nitrogens with two attached hydrogens (primary N) is 1. The van der Waals surface area contributed by atoms with Gasteiger partial charge in [-0.3, -0.25) is 4.79 Å². The Morgan fingerprint density at radius 1 is 1.40 bits per heavy atom. The van der Waals surface area contributed by atoms with E-state index >= 15 is 0 Å². The Morgan fingerprint density at radius 2 is 2.00 bits per heavy atom. The molecule has 0 aromatic carbocycles. The molecular weight excluding hydrogens is 188 g/mol. The molecule has 3 N–H and O–H groups in total. The Balaban J connectivity index is 4.01. The maximum atomic E-state index is 11.7. The van der Waals surface area contributed by atoms with E-state index in [9.17, 15) is 4.79 Å². The summed E-state index contributed by atoms with van der Waals surface area (Å²) in [5.74, 6) is 0.452. The molecule has 1 atom stereocenters. The summed E-state index contributed by atoms with van der Waals surface area (Å²) in [5, 5.41) is 3.06. The summed E-state index contributed by atoms with van der Waals surface area (Å²) in [5.41, 5.74) is 5.49. The summed E-state index contributed by atoms with van der Waals surface area (Å²) < 4.78 is 0. The molecule has 0 aromatic rings. The van der Waals surface area contributed by atoms with E-state index in [0.717, 1.165) is 19.3 Å². The largest absolute Gasteiger partial charge is 0.351 e. The lowest BCUT2D eigenvalue weighted by molar-refractivity contribution is -0.123. The van der Waals surface area contributed by atoms with Crippen LogP contribution in [0.1, 0.15) is 53.4 Å². The van der Waals surface area contributed by atoms with Gasteiger partial charge in [-0.1, -0.05) is 26.7 Å². The van der Waals surface area contributed by atoms with Crippen LogP contribution in [0.5, 0.6) is 0 Å². The summed E-state index contributed by atoms with van der Waals surface area (Å²) in [4.78, 5) is 11.7. The van der Waals surface area contributed by atoms with Gasteiger partial charge in [0.1, 0.15) is 0 Å². The van der Waals surface area contributed by atoms with Gasteiger partial charge < -0.3 is 11.1 Å². The van der Waals surface area contributed by atoms with Crippen LogP contribution in [0, 0.1) is 5.92 Å². The first-order valence-electron chi connectivity index (χ1n) is 5.96. The average molecular weight is 214 g/mol. The molecule has 0 bridgehead atoms. The normalized spacial score (nSPS) is 13.7. The van der Waals surface area contributed by atoms with Crippen LogP contribution in [0.2, 0.25) is 0 Å². The van der Waals surface area contributed by atoms with E-state index in [-0.39, 0.29) is 11.4 Å². The monoisotopic (exact) mass is 214 g/mol. The second-order valence-electron chi connectivity index (χ2n) is 4.90. The molecule has 15 heavy (non-hydrogen) atoms. The molecule has 0 heterocycles. The number of nitrogens with one attached hydrogen (secondary N) is 1. The van der Waals surface area contributed by atoms with Gasteiger partial charge in [0.2, 0.25) is 5.91 Å². The van der Waals surface area contributed by atoms with E-state index in [4.69, 9.17) is 5.73 Å². The molecule has 3 heteroatoms. The van der Waals surface area contributed by atoms with Crippen molar-refractivity contribution < 1.29 is 4.79 Å². The molecule has 3 nitrogen and oxygen atoms in total. The molecule has 1 amide bonds. The van der Waals surface area contributed by atoms with Crippen LogP contribution in [-0.4, -0.2) is 18.0 Å². The van der Waals surface area contributed by atoms with Crippen LogP contribution >= 0.6 is 0 Å². The topological polar surface area (TPSA) is 55.1 Å². The fraction of sp³-hybridized carbons (Fsp3) is 0.917. The minimum Gasteiger partial charge on any atom is -0.351 e. The Hall–Kier alpha value is -0.570. The van der Waals surface area contributed by atoms with Crippen molar-refractivity contribution in [1.29, 1.82) is 0 Å². The highest BCUT2D eigenvalue weighted by Crippen LogP contribution is 2.12. The van der Waals surface area contributed by atoms with Crippen molar-refractivity contribution in [3.8, 4) is 0 Å². The van der Waals surface area contributed by atoms with E-state index < -0.39 is 0 Å².